The van der Waals surface area contributed by atoms with E-state index in [9.17, 15) is 9.59 Å². The Bertz CT molecular complexity index is 1150. The highest BCUT2D eigenvalue weighted by molar-refractivity contribution is 5.81. The van der Waals surface area contributed by atoms with E-state index in [-0.39, 0.29) is 17.9 Å². The van der Waals surface area contributed by atoms with Gasteiger partial charge in [-0.3, -0.25) is 9.59 Å². The lowest BCUT2D eigenvalue weighted by Crippen LogP contribution is -2.40. The maximum Gasteiger partial charge on any atom is 0.263 e. The molecule has 1 aromatic heterocycles. The molecule has 4 rings (SSSR count). The van der Waals surface area contributed by atoms with E-state index in [1.165, 1.54) is 11.1 Å². The van der Waals surface area contributed by atoms with Crippen LogP contribution in [-0.4, -0.2) is 41.3 Å². The van der Waals surface area contributed by atoms with E-state index >= 15 is 0 Å². The van der Waals surface area contributed by atoms with E-state index < -0.39 is 6.10 Å². The summed E-state index contributed by atoms with van der Waals surface area (Å²) in [7, 11) is 1.76. The first-order chi connectivity index (χ1) is 16.9. The Morgan fingerprint density at radius 1 is 1.14 bits per heavy atom. The van der Waals surface area contributed by atoms with Gasteiger partial charge in [-0.15, -0.1) is 0 Å². The second-order valence-electron chi connectivity index (χ2n) is 9.15. The molecule has 2 atom stereocenters. The van der Waals surface area contributed by atoms with Crippen molar-refractivity contribution in [1.29, 1.82) is 0 Å². The average molecular weight is 475 g/mol. The highest BCUT2D eigenvalue weighted by Gasteiger charge is 2.32. The van der Waals surface area contributed by atoms with Crippen LogP contribution in [0.3, 0.4) is 0 Å². The first-order valence-electron chi connectivity index (χ1n) is 12.3. The Balaban J connectivity index is 1.61. The van der Waals surface area contributed by atoms with Crippen LogP contribution >= 0.6 is 0 Å². The van der Waals surface area contributed by atoms with Crippen molar-refractivity contribution in [3.05, 3.63) is 88.9 Å². The summed E-state index contributed by atoms with van der Waals surface area (Å²) in [5.74, 6) is 1.40. The van der Waals surface area contributed by atoms with E-state index in [0.29, 0.717) is 31.7 Å². The van der Waals surface area contributed by atoms with Gasteiger partial charge in [0.2, 0.25) is 5.91 Å². The number of rotatable bonds is 8. The van der Waals surface area contributed by atoms with Crippen molar-refractivity contribution in [3.63, 3.8) is 0 Å². The van der Waals surface area contributed by atoms with Crippen LogP contribution in [0.15, 0.2) is 65.3 Å². The van der Waals surface area contributed by atoms with Crippen molar-refractivity contribution in [2.45, 2.75) is 58.7 Å². The average Bonchev–Trinajstić information content (AvgIpc) is 3.39. The quantitative estimate of drug-likeness (QED) is 0.445. The van der Waals surface area contributed by atoms with Crippen LogP contribution in [0, 0.1) is 6.92 Å². The number of nitrogens with zero attached hydrogens (tertiary/aromatic N) is 2. The molecule has 2 amide bonds. The minimum atomic E-state index is -0.609. The fourth-order valence-corrected chi connectivity index (χ4v) is 4.68. The van der Waals surface area contributed by atoms with Crippen LogP contribution in [0.1, 0.15) is 60.7 Å². The number of aryl methyl sites for hydroxylation is 1. The van der Waals surface area contributed by atoms with Gasteiger partial charge in [0.15, 0.2) is 6.10 Å². The van der Waals surface area contributed by atoms with Gasteiger partial charge in [-0.2, -0.15) is 0 Å². The number of carbonyl (C=O) groups excluding carboxylic acids is 2. The van der Waals surface area contributed by atoms with Gasteiger partial charge in [0, 0.05) is 20.0 Å². The SMILES string of the molecule is CCC(=O)N1CCc2ccc(O[C@@H](CC)C(=O)N(C)Cc3ccco3)cc2[C@H]1c1ccc(C)cc1. The van der Waals surface area contributed by atoms with Crippen molar-refractivity contribution >= 4 is 11.8 Å². The molecule has 0 N–H and O–H groups in total. The maximum atomic E-state index is 13.1. The zero-order chi connectivity index (χ0) is 24.9. The highest BCUT2D eigenvalue weighted by atomic mass is 16.5. The Hall–Kier alpha value is -3.54. The molecular formula is C29H34N2O4. The molecule has 184 valence electrons. The van der Waals surface area contributed by atoms with Gasteiger partial charge in [0.25, 0.3) is 5.91 Å². The molecule has 1 aliphatic rings. The summed E-state index contributed by atoms with van der Waals surface area (Å²) in [5, 5.41) is 0. The molecular weight excluding hydrogens is 440 g/mol. The number of furan rings is 1. The highest BCUT2D eigenvalue weighted by Crippen LogP contribution is 2.38. The lowest BCUT2D eigenvalue weighted by molar-refractivity contribution is -0.138. The topological polar surface area (TPSA) is 63.0 Å². The normalized spacial score (nSPS) is 15.9. The molecule has 6 nitrogen and oxygen atoms in total. The number of hydrogen-bond donors (Lipinski definition) is 0. The van der Waals surface area contributed by atoms with Crippen LogP contribution in [-0.2, 0) is 22.6 Å². The third kappa shape index (κ3) is 5.42. The number of likely N-dealkylation sites (N-methyl/N-ethyl adjacent to an activating group) is 1. The molecule has 2 heterocycles. The first-order valence-corrected chi connectivity index (χ1v) is 12.3. The molecule has 1 aliphatic heterocycles. The molecule has 0 aliphatic carbocycles. The molecule has 0 spiro atoms. The number of benzene rings is 2. The van der Waals surface area contributed by atoms with Crippen LogP contribution in [0.4, 0.5) is 0 Å². The Morgan fingerprint density at radius 3 is 2.57 bits per heavy atom. The van der Waals surface area contributed by atoms with Crippen molar-refractivity contribution < 1.29 is 18.7 Å². The Labute approximate surface area is 207 Å². The third-order valence-electron chi connectivity index (χ3n) is 6.64. The van der Waals surface area contributed by atoms with Crippen molar-refractivity contribution in [2.24, 2.45) is 0 Å². The predicted octanol–water partition coefficient (Wildman–Crippen LogP) is 5.29. The van der Waals surface area contributed by atoms with Crippen LogP contribution in [0.5, 0.6) is 5.75 Å². The minimum Gasteiger partial charge on any atom is -0.481 e. The zero-order valence-electron chi connectivity index (χ0n) is 21.0. The lowest BCUT2D eigenvalue weighted by Gasteiger charge is -2.38. The molecule has 0 fully saturated rings. The van der Waals surface area contributed by atoms with E-state index in [1.807, 2.05) is 43.0 Å². The maximum absolute atomic E-state index is 13.1. The molecule has 0 bridgehead atoms. The summed E-state index contributed by atoms with van der Waals surface area (Å²) in [5.41, 5.74) is 4.53. The largest absolute Gasteiger partial charge is 0.481 e. The molecule has 6 heteroatoms. The summed E-state index contributed by atoms with van der Waals surface area (Å²) in [6.45, 7) is 6.98. The van der Waals surface area contributed by atoms with Crippen LogP contribution in [0.2, 0.25) is 0 Å². The lowest BCUT2D eigenvalue weighted by atomic mass is 9.87. The van der Waals surface area contributed by atoms with Crippen molar-refractivity contribution in [3.8, 4) is 5.75 Å². The number of carbonyl (C=O) groups is 2. The first kappa shape index (κ1) is 24.6. The second-order valence-corrected chi connectivity index (χ2v) is 9.15. The molecule has 0 saturated carbocycles. The van der Waals surface area contributed by atoms with Crippen LogP contribution in [0.25, 0.3) is 0 Å². The van der Waals surface area contributed by atoms with Gasteiger partial charge in [0.05, 0.1) is 18.8 Å². The fraction of sp³-hybridized carbons (Fsp3) is 0.379. The van der Waals surface area contributed by atoms with Crippen molar-refractivity contribution in [2.75, 3.05) is 13.6 Å². The molecule has 3 aromatic rings. The van der Waals surface area contributed by atoms with Crippen LogP contribution < -0.4 is 4.74 Å². The summed E-state index contributed by atoms with van der Waals surface area (Å²) >= 11 is 0. The van der Waals surface area contributed by atoms with Gasteiger partial charge in [-0.1, -0.05) is 49.7 Å². The van der Waals surface area contributed by atoms with Crippen molar-refractivity contribution in [1.82, 2.24) is 9.80 Å². The molecule has 2 aromatic carbocycles. The minimum absolute atomic E-state index is 0.0977. The molecule has 35 heavy (non-hydrogen) atoms. The smallest absolute Gasteiger partial charge is 0.263 e. The standard InChI is InChI=1S/C29H34N2O4/c1-5-26(29(33)30(4)19-24-8-7-17-34-24)35-23-14-13-21-15-16-31(27(32)6-2)28(25(21)18-23)22-11-9-20(3)10-12-22/h7-14,17-18,26,28H,5-6,15-16,19H2,1-4H3/t26-,28+/m0/s1. The van der Waals surface area contributed by atoms with E-state index in [2.05, 4.69) is 37.3 Å². The number of amides is 2. The van der Waals surface area contributed by atoms with E-state index in [1.54, 1.807) is 18.2 Å². The van der Waals surface area contributed by atoms with E-state index in [4.69, 9.17) is 9.15 Å². The number of hydrogen-bond acceptors (Lipinski definition) is 4. The molecule has 0 radical (unpaired) electrons. The summed E-state index contributed by atoms with van der Waals surface area (Å²) < 4.78 is 11.6. The Morgan fingerprint density at radius 2 is 1.91 bits per heavy atom. The number of ether oxygens (including phenoxy) is 1. The van der Waals surface area contributed by atoms with Gasteiger partial charge >= 0.3 is 0 Å². The van der Waals surface area contributed by atoms with Gasteiger partial charge < -0.3 is 19.0 Å². The monoisotopic (exact) mass is 474 g/mol. The summed E-state index contributed by atoms with van der Waals surface area (Å²) in [6, 6.07) is 17.9. The summed E-state index contributed by atoms with van der Waals surface area (Å²) in [4.78, 5) is 29.6. The number of fused-ring (bicyclic) bond motifs is 1. The van der Waals surface area contributed by atoms with Gasteiger partial charge in [-0.25, -0.2) is 0 Å². The fourth-order valence-electron chi connectivity index (χ4n) is 4.68. The van der Waals surface area contributed by atoms with E-state index in [0.717, 1.165) is 23.3 Å². The zero-order valence-corrected chi connectivity index (χ0v) is 21.0. The second kappa shape index (κ2) is 10.8. The molecule has 0 unspecified atom stereocenters. The summed E-state index contributed by atoms with van der Waals surface area (Å²) in [6.07, 6.45) is 2.79. The predicted molar refractivity (Wildman–Crippen MR) is 135 cm³/mol. The van der Waals surface area contributed by atoms with Gasteiger partial charge in [0.1, 0.15) is 11.5 Å². The Kier molecular flexibility index (Phi) is 7.59. The van der Waals surface area contributed by atoms with Gasteiger partial charge in [-0.05, 0) is 60.7 Å². The third-order valence-corrected chi connectivity index (χ3v) is 6.64. The molecule has 0 saturated heterocycles.